The molecular formula is C30H26Cl2N2O3. The molecule has 1 N–H and O–H groups in total. The predicted molar refractivity (Wildman–Crippen MR) is 149 cm³/mol. The van der Waals surface area contributed by atoms with Crippen molar-refractivity contribution in [3.8, 4) is 22.6 Å². The first-order valence-corrected chi connectivity index (χ1v) is 12.8. The maximum absolute atomic E-state index is 11.8. The molecule has 0 saturated carbocycles. The van der Waals surface area contributed by atoms with Gasteiger partial charge in [0.2, 0.25) is 0 Å². The molecule has 37 heavy (non-hydrogen) atoms. The first kappa shape index (κ1) is 25.2. The van der Waals surface area contributed by atoms with Gasteiger partial charge in [0.15, 0.2) is 0 Å². The van der Waals surface area contributed by atoms with Gasteiger partial charge in [-0.25, -0.2) is 4.79 Å². The standard InChI is InChI=1S/C30H26Cl2N2O3/c31-23-7-5-21(6-8-23)27-4-2-1-3-22(27)20-33-15-17-34(18-16-33)25-11-14-28(30(35)36)29(19-25)37-26-12-9-24(32)10-13-26/h1-14,19H,15-18,20H2,(H,35,36). The van der Waals surface area contributed by atoms with E-state index in [4.69, 9.17) is 27.9 Å². The van der Waals surface area contributed by atoms with E-state index in [-0.39, 0.29) is 5.56 Å². The molecule has 5 nitrogen and oxygen atoms in total. The first-order chi connectivity index (χ1) is 18.0. The Labute approximate surface area is 226 Å². The van der Waals surface area contributed by atoms with Crippen LogP contribution in [0.4, 0.5) is 5.69 Å². The number of carbonyl (C=O) groups is 1. The molecule has 188 valence electrons. The zero-order chi connectivity index (χ0) is 25.8. The van der Waals surface area contributed by atoms with Crippen LogP contribution in [0.3, 0.4) is 0 Å². The summed E-state index contributed by atoms with van der Waals surface area (Å²) >= 11 is 12.1. The third-order valence-electron chi connectivity index (χ3n) is 6.54. The van der Waals surface area contributed by atoms with E-state index in [2.05, 4.69) is 46.2 Å². The number of carboxylic acids is 1. The van der Waals surface area contributed by atoms with Gasteiger partial charge in [0.05, 0.1) is 0 Å². The Balaban J connectivity index is 1.28. The van der Waals surface area contributed by atoms with Crippen LogP contribution in [0, 0.1) is 0 Å². The summed E-state index contributed by atoms with van der Waals surface area (Å²) in [4.78, 5) is 16.5. The molecule has 0 radical (unpaired) electrons. The van der Waals surface area contributed by atoms with E-state index in [0.29, 0.717) is 16.5 Å². The second-order valence-electron chi connectivity index (χ2n) is 8.97. The Hall–Kier alpha value is -3.51. The molecule has 0 unspecified atom stereocenters. The van der Waals surface area contributed by atoms with Crippen LogP contribution >= 0.6 is 23.2 Å². The van der Waals surface area contributed by atoms with Crippen molar-refractivity contribution in [1.82, 2.24) is 4.90 Å². The van der Waals surface area contributed by atoms with Crippen LogP contribution in [0.15, 0.2) is 91.0 Å². The summed E-state index contributed by atoms with van der Waals surface area (Å²) in [7, 11) is 0. The lowest BCUT2D eigenvalue weighted by Gasteiger charge is -2.36. The van der Waals surface area contributed by atoms with Gasteiger partial charge in [-0.3, -0.25) is 4.90 Å². The number of benzene rings is 4. The maximum Gasteiger partial charge on any atom is 0.339 e. The molecule has 7 heteroatoms. The minimum atomic E-state index is -1.03. The van der Waals surface area contributed by atoms with Gasteiger partial charge in [0.25, 0.3) is 0 Å². The van der Waals surface area contributed by atoms with Crippen LogP contribution in [0.1, 0.15) is 15.9 Å². The first-order valence-electron chi connectivity index (χ1n) is 12.1. The summed E-state index contributed by atoms with van der Waals surface area (Å²) in [6.45, 7) is 4.30. The van der Waals surface area contributed by atoms with Gasteiger partial charge >= 0.3 is 5.97 Å². The molecule has 0 spiro atoms. The van der Waals surface area contributed by atoms with Crippen LogP contribution in [0.25, 0.3) is 11.1 Å². The summed E-state index contributed by atoms with van der Waals surface area (Å²) < 4.78 is 5.94. The third-order valence-corrected chi connectivity index (χ3v) is 7.04. The number of hydrogen-bond acceptors (Lipinski definition) is 4. The van der Waals surface area contributed by atoms with Crippen molar-refractivity contribution in [3.63, 3.8) is 0 Å². The minimum Gasteiger partial charge on any atom is -0.478 e. The highest BCUT2D eigenvalue weighted by atomic mass is 35.5. The highest BCUT2D eigenvalue weighted by Gasteiger charge is 2.21. The highest BCUT2D eigenvalue weighted by Crippen LogP contribution is 2.32. The zero-order valence-electron chi connectivity index (χ0n) is 20.1. The maximum atomic E-state index is 11.8. The van der Waals surface area contributed by atoms with Crippen molar-refractivity contribution in [3.05, 3.63) is 112 Å². The smallest absolute Gasteiger partial charge is 0.339 e. The number of halogens is 2. The molecule has 1 heterocycles. The topological polar surface area (TPSA) is 53.0 Å². The fourth-order valence-electron chi connectivity index (χ4n) is 4.57. The highest BCUT2D eigenvalue weighted by molar-refractivity contribution is 6.30. The van der Waals surface area contributed by atoms with Crippen LogP contribution in [-0.4, -0.2) is 42.2 Å². The molecule has 0 aliphatic carbocycles. The molecule has 1 aliphatic rings. The van der Waals surface area contributed by atoms with Gasteiger partial charge in [-0.15, -0.1) is 0 Å². The van der Waals surface area contributed by atoms with Crippen LogP contribution in [-0.2, 0) is 6.54 Å². The fraction of sp³-hybridized carbons (Fsp3) is 0.167. The Bertz CT molecular complexity index is 1380. The molecule has 4 aromatic rings. The number of anilines is 1. The Morgan fingerprint density at radius 2 is 1.46 bits per heavy atom. The van der Waals surface area contributed by atoms with E-state index < -0.39 is 5.97 Å². The van der Waals surface area contributed by atoms with Crippen molar-refractivity contribution in [1.29, 1.82) is 0 Å². The number of ether oxygens (including phenoxy) is 1. The minimum absolute atomic E-state index is 0.121. The second-order valence-corrected chi connectivity index (χ2v) is 9.84. The van der Waals surface area contributed by atoms with E-state index in [1.54, 1.807) is 30.3 Å². The SMILES string of the molecule is O=C(O)c1ccc(N2CCN(Cc3ccccc3-c3ccc(Cl)cc3)CC2)cc1Oc1ccc(Cl)cc1. The van der Waals surface area contributed by atoms with E-state index in [0.717, 1.165) is 49.0 Å². The molecule has 0 amide bonds. The average Bonchev–Trinajstić information content (AvgIpc) is 2.91. The molecule has 0 atom stereocenters. The van der Waals surface area contributed by atoms with Crippen LogP contribution in [0.2, 0.25) is 10.0 Å². The zero-order valence-corrected chi connectivity index (χ0v) is 21.6. The lowest BCUT2D eigenvalue weighted by Crippen LogP contribution is -2.46. The molecule has 1 fully saturated rings. The molecule has 5 rings (SSSR count). The van der Waals surface area contributed by atoms with Gasteiger partial charge in [-0.05, 0) is 65.2 Å². The van der Waals surface area contributed by atoms with E-state index in [1.807, 2.05) is 24.3 Å². The molecule has 0 bridgehead atoms. The second kappa shape index (κ2) is 11.3. The summed E-state index contributed by atoms with van der Waals surface area (Å²) in [6.07, 6.45) is 0. The van der Waals surface area contributed by atoms with Crippen molar-refractivity contribution >= 4 is 34.9 Å². The summed E-state index contributed by atoms with van der Waals surface area (Å²) in [6, 6.07) is 28.6. The molecule has 1 aliphatic heterocycles. The number of rotatable bonds is 7. The lowest BCUT2D eigenvalue weighted by atomic mass is 9.99. The molecule has 4 aromatic carbocycles. The number of hydrogen-bond donors (Lipinski definition) is 1. The largest absolute Gasteiger partial charge is 0.478 e. The summed E-state index contributed by atoms with van der Waals surface area (Å²) in [5.74, 6) is -0.181. The predicted octanol–water partition coefficient (Wildman–Crippen LogP) is 7.47. The molecule has 1 saturated heterocycles. The van der Waals surface area contributed by atoms with Gasteiger partial charge in [0, 0.05) is 54.5 Å². The van der Waals surface area contributed by atoms with Crippen molar-refractivity contribution < 1.29 is 14.6 Å². The van der Waals surface area contributed by atoms with Crippen molar-refractivity contribution in [2.75, 3.05) is 31.1 Å². The number of carboxylic acid groups (broad SMARTS) is 1. The van der Waals surface area contributed by atoms with Crippen LogP contribution in [0.5, 0.6) is 11.5 Å². The molecular weight excluding hydrogens is 507 g/mol. The molecule has 0 aromatic heterocycles. The Morgan fingerprint density at radius 3 is 2.14 bits per heavy atom. The third kappa shape index (κ3) is 6.08. The van der Waals surface area contributed by atoms with Gasteiger partial charge < -0.3 is 14.7 Å². The van der Waals surface area contributed by atoms with E-state index >= 15 is 0 Å². The summed E-state index contributed by atoms with van der Waals surface area (Å²) in [5, 5.41) is 11.0. The van der Waals surface area contributed by atoms with Gasteiger partial charge in [0.1, 0.15) is 17.1 Å². The Morgan fingerprint density at radius 1 is 0.811 bits per heavy atom. The average molecular weight is 533 g/mol. The Kier molecular flexibility index (Phi) is 7.65. The number of aromatic carboxylic acids is 1. The van der Waals surface area contributed by atoms with Crippen molar-refractivity contribution in [2.45, 2.75) is 6.54 Å². The van der Waals surface area contributed by atoms with Gasteiger partial charge in [-0.2, -0.15) is 0 Å². The van der Waals surface area contributed by atoms with Crippen molar-refractivity contribution in [2.24, 2.45) is 0 Å². The monoisotopic (exact) mass is 532 g/mol. The lowest BCUT2D eigenvalue weighted by molar-refractivity contribution is 0.0694. The fourth-order valence-corrected chi connectivity index (χ4v) is 4.82. The van der Waals surface area contributed by atoms with Gasteiger partial charge in [-0.1, -0.05) is 59.6 Å². The summed E-state index contributed by atoms with van der Waals surface area (Å²) in [5.41, 5.74) is 4.72. The number of nitrogens with zero attached hydrogens (tertiary/aromatic N) is 2. The normalized spacial score (nSPS) is 13.9. The van der Waals surface area contributed by atoms with Crippen LogP contribution < -0.4 is 9.64 Å². The quantitative estimate of drug-likeness (QED) is 0.267. The van der Waals surface area contributed by atoms with E-state index in [1.165, 1.54) is 11.1 Å². The van der Waals surface area contributed by atoms with E-state index in [9.17, 15) is 9.90 Å². The number of piperazine rings is 1.